The van der Waals surface area contributed by atoms with Gasteiger partial charge in [-0.3, -0.25) is 0 Å². The molecule has 0 aliphatic carbocycles. The van der Waals surface area contributed by atoms with Crippen molar-refractivity contribution >= 4 is 38.3 Å². The number of fused-ring (bicyclic) bond motifs is 1. The lowest BCUT2D eigenvalue weighted by Gasteiger charge is -2.11. The molecule has 0 saturated heterocycles. The minimum Gasteiger partial charge on any atom is -0.436 e. The Morgan fingerprint density at radius 1 is 1.14 bits per heavy atom. The molecule has 0 spiro atoms. The van der Waals surface area contributed by atoms with Crippen molar-refractivity contribution in [3.05, 3.63) is 63.7 Å². The summed E-state index contributed by atoms with van der Waals surface area (Å²) in [6.45, 7) is 0.344. The first-order valence-electron chi connectivity index (χ1n) is 6.39. The number of nitrogens with two attached hydrogens (primary N) is 1. The SMILES string of the molecule is NCc1ccnc(Oc2ccc3ccccc3c2Br)c1Cl. The van der Waals surface area contributed by atoms with E-state index in [1.807, 2.05) is 36.4 Å². The van der Waals surface area contributed by atoms with E-state index in [1.54, 1.807) is 12.3 Å². The van der Waals surface area contributed by atoms with Crippen LogP contribution in [0.4, 0.5) is 0 Å². The maximum absolute atomic E-state index is 6.25. The van der Waals surface area contributed by atoms with Crippen LogP contribution in [-0.4, -0.2) is 4.98 Å². The molecule has 0 atom stereocenters. The van der Waals surface area contributed by atoms with Gasteiger partial charge in [0.2, 0.25) is 5.88 Å². The lowest BCUT2D eigenvalue weighted by atomic mass is 10.1. The lowest BCUT2D eigenvalue weighted by Crippen LogP contribution is -1.99. The van der Waals surface area contributed by atoms with E-state index in [0.717, 1.165) is 20.8 Å². The molecule has 0 fully saturated rings. The van der Waals surface area contributed by atoms with Crippen LogP contribution in [0.15, 0.2) is 53.1 Å². The number of ether oxygens (including phenoxy) is 1. The largest absolute Gasteiger partial charge is 0.436 e. The van der Waals surface area contributed by atoms with Crippen molar-refractivity contribution in [1.82, 2.24) is 4.98 Å². The zero-order valence-electron chi connectivity index (χ0n) is 11.0. The summed E-state index contributed by atoms with van der Waals surface area (Å²) in [5.41, 5.74) is 6.44. The van der Waals surface area contributed by atoms with Crippen molar-refractivity contribution in [2.24, 2.45) is 5.73 Å². The molecular formula is C16H12BrClN2O. The predicted octanol–water partition coefficient (Wildman–Crippen LogP) is 4.90. The van der Waals surface area contributed by atoms with Crippen LogP contribution in [0.2, 0.25) is 5.02 Å². The molecule has 0 amide bonds. The first-order valence-corrected chi connectivity index (χ1v) is 7.56. The van der Waals surface area contributed by atoms with Gasteiger partial charge < -0.3 is 10.5 Å². The molecule has 1 heterocycles. The maximum atomic E-state index is 6.25. The average molecular weight is 364 g/mol. The molecule has 3 aromatic rings. The highest BCUT2D eigenvalue weighted by molar-refractivity contribution is 9.10. The van der Waals surface area contributed by atoms with Crippen LogP contribution < -0.4 is 10.5 Å². The Morgan fingerprint density at radius 2 is 1.95 bits per heavy atom. The van der Waals surface area contributed by atoms with Gasteiger partial charge in [-0.2, -0.15) is 0 Å². The number of benzene rings is 2. The van der Waals surface area contributed by atoms with Gasteiger partial charge in [-0.05, 0) is 44.4 Å². The second-order valence-corrected chi connectivity index (χ2v) is 5.67. The number of aromatic nitrogens is 1. The summed E-state index contributed by atoms with van der Waals surface area (Å²) in [5.74, 6) is 1.02. The van der Waals surface area contributed by atoms with Gasteiger partial charge in [-0.15, -0.1) is 0 Å². The highest BCUT2D eigenvalue weighted by Crippen LogP contribution is 2.37. The Morgan fingerprint density at radius 3 is 2.76 bits per heavy atom. The monoisotopic (exact) mass is 362 g/mol. The third kappa shape index (κ3) is 2.75. The standard InChI is InChI=1S/C16H12BrClN2O/c17-14-12-4-2-1-3-10(12)5-6-13(14)21-16-15(18)11(9-19)7-8-20-16/h1-8H,9,19H2. The van der Waals surface area contributed by atoms with Crippen LogP contribution in [-0.2, 0) is 6.54 Å². The van der Waals surface area contributed by atoms with Crippen molar-refractivity contribution in [3.63, 3.8) is 0 Å². The van der Waals surface area contributed by atoms with Crippen molar-refractivity contribution in [2.45, 2.75) is 6.54 Å². The Kier molecular flexibility index (Phi) is 4.10. The highest BCUT2D eigenvalue weighted by atomic mass is 79.9. The van der Waals surface area contributed by atoms with Crippen LogP contribution in [0.25, 0.3) is 10.8 Å². The molecule has 0 radical (unpaired) electrons. The van der Waals surface area contributed by atoms with Crippen LogP contribution in [0, 0.1) is 0 Å². The molecule has 0 aliphatic heterocycles. The third-order valence-electron chi connectivity index (χ3n) is 3.19. The van der Waals surface area contributed by atoms with E-state index < -0.39 is 0 Å². The fourth-order valence-corrected chi connectivity index (χ4v) is 2.89. The number of halogens is 2. The summed E-state index contributed by atoms with van der Waals surface area (Å²) in [5, 5.41) is 2.65. The number of rotatable bonds is 3. The van der Waals surface area contributed by atoms with Gasteiger partial charge in [0, 0.05) is 12.7 Å². The van der Waals surface area contributed by atoms with E-state index in [4.69, 9.17) is 22.1 Å². The highest BCUT2D eigenvalue weighted by Gasteiger charge is 2.12. The Hall–Kier alpha value is -1.62. The summed E-state index contributed by atoms with van der Waals surface area (Å²) in [6, 6.07) is 13.7. The summed E-state index contributed by atoms with van der Waals surface area (Å²) >= 11 is 9.83. The lowest BCUT2D eigenvalue weighted by molar-refractivity contribution is 0.460. The minimum atomic E-state index is 0.344. The molecule has 2 N–H and O–H groups in total. The fraction of sp³-hybridized carbons (Fsp3) is 0.0625. The third-order valence-corrected chi connectivity index (χ3v) is 4.41. The first kappa shape index (κ1) is 14.3. The van der Waals surface area contributed by atoms with E-state index in [1.165, 1.54) is 0 Å². The first-order chi connectivity index (χ1) is 10.2. The maximum Gasteiger partial charge on any atom is 0.238 e. The molecule has 0 aliphatic rings. The van der Waals surface area contributed by atoms with Crippen LogP contribution in [0.5, 0.6) is 11.6 Å². The van der Waals surface area contributed by atoms with Crippen molar-refractivity contribution in [2.75, 3.05) is 0 Å². The fourth-order valence-electron chi connectivity index (χ4n) is 2.09. The van der Waals surface area contributed by atoms with Gasteiger partial charge in [0.05, 0.1) is 4.47 Å². The smallest absolute Gasteiger partial charge is 0.238 e. The van der Waals surface area contributed by atoms with Crippen molar-refractivity contribution in [1.29, 1.82) is 0 Å². The topological polar surface area (TPSA) is 48.1 Å². The van der Waals surface area contributed by atoms with Gasteiger partial charge in [0.1, 0.15) is 10.8 Å². The van der Waals surface area contributed by atoms with Gasteiger partial charge >= 0.3 is 0 Å². The van der Waals surface area contributed by atoms with E-state index in [-0.39, 0.29) is 0 Å². The second-order valence-electron chi connectivity index (χ2n) is 4.49. The Labute approximate surface area is 135 Å². The number of hydrogen-bond acceptors (Lipinski definition) is 3. The van der Waals surface area contributed by atoms with Gasteiger partial charge in [-0.25, -0.2) is 4.98 Å². The summed E-state index contributed by atoms with van der Waals surface area (Å²) in [6.07, 6.45) is 1.64. The number of pyridine rings is 1. The van der Waals surface area contributed by atoms with Gasteiger partial charge in [-0.1, -0.05) is 41.9 Å². The van der Waals surface area contributed by atoms with E-state index in [2.05, 4.69) is 20.9 Å². The molecule has 3 nitrogen and oxygen atoms in total. The summed E-state index contributed by atoms with van der Waals surface area (Å²) < 4.78 is 6.72. The van der Waals surface area contributed by atoms with Gasteiger partial charge in [0.15, 0.2) is 0 Å². The molecule has 3 rings (SSSR count). The zero-order chi connectivity index (χ0) is 14.8. The molecule has 5 heteroatoms. The van der Waals surface area contributed by atoms with Crippen molar-refractivity contribution < 1.29 is 4.74 Å². The molecule has 0 unspecified atom stereocenters. The van der Waals surface area contributed by atoms with Crippen molar-refractivity contribution in [3.8, 4) is 11.6 Å². The zero-order valence-corrected chi connectivity index (χ0v) is 13.4. The van der Waals surface area contributed by atoms with E-state index in [9.17, 15) is 0 Å². The molecule has 106 valence electrons. The minimum absolute atomic E-state index is 0.344. The molecule has 21 heavy (non-hydrogen) atoms. The summed E-state index contributed by atoms with van der Waals surface area (Å²) in [7, 11) is 0. The van der Waals surface area contributed by atoms with Crippen LogP contribution >= 0.6 is 27.5 Å². The summed E-state index contributed by atoms with van der Waals surface area (Å²) in [4.78, 5) is 4.17. The average Bonchev–Trinajstić information content (AvgIpc) is 2.52. The van der Waals surface area contributed by atoms with E-state index in [0.29, 0.717) is 23.2 Å². The molecule has 0 bridgehead atoms. The van der Waals surface area contributed by atoms with Gasteiger partial charge in [0.25, 0.3) is 0 Å². The molecule has 0 saturated carbocycles. The second kappa shape index (κ2) is 6.02. The Bertz CT molecular complexity index is 807. The van der Waals surface area contributed by atoms with Crippen LogP contribution in [0.1, 0.15) is 5.56 Å². The predicted molar refractivity (Wildman–Crippen MR) is 88.9 cm³/mol. The van der Waals surface area contributed by atoms with E-state index >= 15 is 0 Å². The Balaban J connectivity index is 2.04. The normalized spacial score (nSPS) is 10.8. The molecule has 2 aromatic carbocycles. The van der Waals surface area contributed by atoms with Crippen LogP contribution in [0.3, 0.4) is 0 Å². The quantitative estimate of drug-likeness (QED) is 0.720. The number of nitrogens with zero attached hydrogens (tertiary/aromatic N) is 1. The molecular weight excluding hydrogens is 352 g/mol. The number of hydrogen-bond donors (Lipinski definition) is 1. The molecule has 1 aromatic heterocycles.